The van der Waals surface area contributed by atoms with Crippen molar-refractivity contribution in [1.82, 2.24) is 14.5 Å². The first kappa shape index (κ1) is 26.9. The fraction of sp³-hybridized carbons (Fsp3) is 0.633. The van der Waals surface area contributed by atoms with Crippen LogP contribution in [-0.2, 0) is 14.4 Å². The first-order valence-electron chi connectivity index (χ1n) is 14.9. The number of aromatic nitrogens is 2. The van der Waals surface area contributed by atoms with Crippen molar-refractivity contribution in [2.45, 2.75) is 101 Å². The number of rotatable bonds is 7. The zero-order valence-electron chi connectivity index (χ0n) is 22.9. The van der Waals surface area contributed by atoms with Crippen LogP contribution in [0.1, 0.15) is 88.8 Å². The van der Waals surface area contributed by atoms with Crippen LogP contribution in [0.15, 0.2) is 34.2 Å². The molecule has 5 atom stereocenters. The molecule has 40 heavy (non-hydrogen) atoms. The van der Waals surface area contributed by atoms with E-state index in [1.165, 1.54) is 51.4 Å². The lowest BCUT2D eigenvalue weighted by Gasteiger charge is -2.54. The van der Waals surface area contributed by atoms with E-state index < -0.39 is 29.8 Å². The first-order valence-corrected chi connectivity index (χ1v) is 14.9. The van der Waals surface area contributed by atoms with Gasteiger partial charge in [0.2, 0.25) is 5.71 Å². The zero-order chi connectivity index (χ0) is 27.8. The Hall–Kier alpha value is -3.27. The smallest absolute Gasteiger partial charge is 0.360 e. The largest absolute Gasteiger partial charge is 0.476 e. The number of hydrogen-bond donors (Lipinski definition) is 2. The van der Waals surface area contributed by atoms with E-state index in [0.29, 0.717) is 29.2 Å². The molecule has 1 aromatic heterocycles. The van der Waals surface area contributed by atoms with Crippen molar-refractivity contribution in [2.24, 2.45) is 22.7 Å². The van der Waals surface area contributed by atoms with Crippen LogP contribution in [0.4, 0.5) is 0 Å². The van der Waals surface area contributed by atoms with Crippen molar-refractivity contribution < 1.29 is 19.5 Å². The lowest BCUT2D eigenvalue weighted by molar-refractivity contribution is -0.130. The first-order chi connectivity index (χ1) is 19.4. The Morgan fingerprint density at radius 3 is 2.25 bits per heavy atom. The maximum Gasteiger partial charge on any atom is 0.360 e. The molecule has 3 N–H and O–H groups in total. The van der Waals surface area contributed by atoms with Crippen molar-refractivity contribution in [3.05, 3.63) is 40.3 Å². The molecule has 214 valence electrons. The molecule has 10 nitrogen and oxygen atoms in total. The number of piperidine rings is 2. The van der Waals surface area contributed by atoms with Gasteiger partial charge in [0.15, 0.2) is 12.3 Å². The summed E-state index contributed by atoms with van der Waals surface area (Å²) in [5.41, 5.74) is 4.89. The number of nitrogens with two attached hydrogens (primary N) is 1. The normalized spacial score (nSPS) is 30.9. The highest BCUT2D eigenvalue weighted by Gasteiger charge is 2.45. The highest BCUT2D eigenvalue weighted by Crippen LogP contribution is 2.47. The second kappa shape index (κ2) is 11.3. The molecule has 2 aromatic rings. The van der Waals surface area contributed by atoms with Crippen molar-refractivity contribution in [2.75, 3.05) is 6.61 Å². The molecule has 0 radical (unpaired) electrons. The summed E-state index contributed by atoms with van der Waals surface area (Å²) in [7, 11) is 0. The molecule has 10 heteroatoms. The lowest BCUT2D eigenvalue weighted by atomic mass is 9.73. The van der Waals surface area contributed by atoms with Crippen LogP contribution in [0.2, 0.25) is 0 Å². The fourth-order valence-electron chi connectivity index (χ4n) is 8.32. The van der Waals surface area contributed by atoms with Crippen LogP contribution in [0, 0.1) is 11.8 Å². The minimum Gasteiger partial charge on any atom is -0.476 e. The van der Waals surface area contributed by atoms with Gasteiger partial charge in [-0.25, -0.2) is 9.78 Å². The summed E-state index contributed by atoms with van der Waals surface area (Å²) in [5, 5.41) is 13.5. The predicted molar refractivity (Wildman–Crippen MR) is 150 cm³/mol. The lowest BCUT2D eigenvalue weighted by Crippen LogP contribution is -2.58. The molecule has 1 aromatic carbocycles. The molecule has 1 amide bonds. The Balaban J connectivity index is 1.35. The number of aliphatic carboxylic acids is 1. The number of fused-ring (bicyclic) bond motifs is 5. The second-order valence-corrected chi connectivity index (χ2v) is 12.3. The number of oxime groups is 1. The van der Waals surface area contributed by atoms with Crippen molar-refractivity contribution in [1.29, 1.82) is 0 Å². The van der Waals surface area contributed by atoms with Gasteiger partial charge in [-0.15, -0.1) is 0 Å². The van der Waals surface area contributed by atoms with Crippen LogP contribution < -0.4 is 11.3 Å². The van der Waals surface area contributed by atoms with Gasteiger partial charge in [0.05, 0.1) is 11.0 Å². The highest BCUT2D eigenvalue weighted by atomic mass is 16.6. The summed E-state index contributed by atoms with van der Waals surface area (Å²) in [5.74, 6) is -0.552. The maximum absolute atomic E-state index is 14.0. The topological polar surface area (TPSA) is 140 Å². The van der Waals surface area contributed by atoms with E-state index in [4.69, 9.17) is 10.6 Å². The molecule has 0 spiro atoms. The third-order valence-corrected chi connectivity index (χ3v) is 9.73. The number of amides is 1. The fourth-order valence-corrected chi connectivity index (χ4v) is 8.32. The van der Waals surface area contributed by atoms with E-state index >= 15 is 0 Å². The van der Waals surface area contributed by atoms with Crippen LogP contribution in [0.25, 0.3) is 11.0 Å². The number of nitrogens with zero attached hydrogens (tertiary/aromatic N) is 4. The quantitative estimate of drug-likeness (QED) is 0.397. The number of hydrogen-bond acceptors (Lipinski definition) is 7. The van der Waals surface area contributed by atoms with Gasteiger partial charge in [0.25, 0.3) is 11.5 Å². The average molecular weight is 550 g/mol. The van der Waals surface area contributed by atoms with Gasteiger partial charge in [0.1, 0.15) is 0 Å². The number of para-hydroxylation sites is 2. The van der Waals surface area contributed by atoms with E-state index in [9.17, 15) is 19.5 Å². The van der Waals surface area contributed by atoms with Crippen molar-refractivity contribution in [3.63, 3.8) is 0 Å². The predicted octanol–water partition coefficient (Wildman–Crippen LogP) is 3.60. The van der Waals surface area contributed by atoms with E-state index in [-0.39, 0.29) is 11.7 Å². The number of carboxylic acid groups (broad SMARTS) is 1. The third kappa shape index (κ3) is 5.25. The number of carbonyl (C=O) groups is 2. The van der Waals surface area contributed by atoms with E-state index in [2.05, 4.69) is 15.0 Å². The van der Waals surface area contributed by atoms with E-state index in [1.54, 1.807) is 10.6 Å². The molecule has 2 aliphatic carbocycles. The van der Waals surface area contributed by atoms with Gasteiger partial charge in [-0.3, -0.25) is 14.5 Å². The summed E-state index contributed by atoms with van der Waals surface area (Å²) in [4.78, 5) is 49.3. The molecule has 3 heterocycles. The Morgan fingerprint density at radius 1 is 0.925 bits per heavy atom. The van der Waals surface area contributed by atoms with Crippen LogP contribution in [-0.4, -0.2) is 61.9 Å². The molecule has 2 saturated carbocycles. The van der Waals surface area contributed by atoms with Gasteiger partial charge in [-0.2, -0.15) is 0 Å². The van der Waals surface area contributed by atoms with E-state index in [0.717, 1.165) is 37.5 Å². The van der Waals surface area contributed by atoms with E-state index in [1.807, 2.05) is 18.2 Å². The molecular weight excluding hydrogens is 510 g/mol. The van der Waals surface area contributed by atoms with Crippen LogP contribution >= 0.6 is 0 Å². The molecule has 6 rings (SSSR count). The number of primary amides is 1. The van der Waals surface area contributed by atoms with Crippen molar-refractivity contribution >= 4 is 28.6 Å². The van der Waals surface area contributed by atoms with Crippen LogP contribution in [0.5, 0.6) is 0 Å². The summed E-state index contributed by atoms with van der Waals surface area (Å²) in [6.45, 7) is -0.594. The minimum absolute atomic E-state index is 0.0712. The summed E-state index contributed by atoms with van der Waals surface area (Å²) in [6.07, 6.45) is 14.7. The molecule has 4 fully saturated rings. The summed E-state index contributed by atoms with van der Waals surface area (Å²) >= 11 is 0. The standard InChI is InChI=1S/C30H39N5O5/c31-26(36)17-40-33-28(30(38)39)27-29(37)35(25-11-4-3-10-24(25)32-27)23-15-20-8-5-9-21(16-23)34(20)22-13-18-6-1-2-7-19(12-18)14-22/h3-4,10-11,18-23H,1-2,5-9,12-17H2,(H2,31,36)(H,38,39)/t18?,19?,20-,21?,22?,23?/m1/s1. The number of carbonyl (C=O) groups excluding carboxylic acids is 1. The SMILES string of the molecule is NC(=O)CON=C(C(=O)O)c1nc2ccccc2n(C2CC3CCC[C@H](C2)N3C2CC3CCCCC(C3)C2)c1=O. The van der Waals surface area contributed by atoms with Crippen molar-refractivity contribution in [3.8, 4) is 0 Å². The van der Waals surface area contributed by atoms with Gasteiger partial charge >= 0.3 is 5.97 Å². The Labute approximate surface area is 233 Å². The third-order valence-electron chi connectivity index (χ3n) is 9.73. The zero-order valence-corrected chi connectivity index (χ0v) is 22.9. The molecule has 4 unspecified atom stereocenters. The molecule has 4 bridgehead atoms. The Morgan fingerprint density at radius 2 is 1.60 bits per heavy atom. The summed E-state index contributed by atoms with van der Waals surface area (Å²) in [6, 6.07) is 8.73. The Bertz CT molecular complexity index is 1340. The average Bonchev–Trinajstić information content (AvgIpc) is 3.09. The van der Waals surface area contributed by atoms with Crippen LogP contribution in [0.3, 0.4) is 0 Å². The molecule has 4 aliphatic rings. The maximum atomic E-state index is 14.0. The van der Waals surface area contributed by atoms with Gasteiger partial charge in [-0.05, 0) is 68.9 Å². The molecule has 2 saturated heterocycles. The highest BCUT2D eigenvalue weighted by molar-refractivity contribution is 6.41. The second-order valence-electron chi connectivity index (χ2n) is 12.3. The van der Waals surface area contributed by atoms with Gasteiger partial charge < -0.3 is 20.2 Å². The molecule has 2 aliphatic heterocycles. The Kier molecular flexibility index (Phi) is 7.61. The number of carboxylic acids is 1. The monoisotopic (exact) mass is 549 g/mol. The molecular formula is C30H39N5O5. The summed E-state index contributed by atoms with van der Waals surface area (Å²) < 4.78 is 1.76. The minimum atomic E-state index is -1.46. The number of benzene rings is 1. The van der Waals surface area contributed by atoms with Gasteiger partial charge in [-0.1, -0.05) is 49.4 Å². The van der Waals surface area contributed by atoms with Gasteiger partial charge in [0, 0.05) is 24.2 Å².